The minimum atomic E-state index is -0.210. The number of nitrogens with one attached hydrogen (secondary N) is 2. The van der Waals surface area contributed by atoms with E-state index in [4.69, 9.17) is 4.74 Å². The van der Waals surface area contributed by atoms with Crippen molar-refractivity contribution in [2.24, 2.45) is 0 Å². The standard InChI is InChI=1S/C23H22N4O3/c1-30-18-8-6-16(7-9-18)20-10-11-23(29)27(26-20)13-12-24-22(28)14-17-15-25-21-5-3-2-4-19(17)21/h2-11,15,25H,12-14H2,1H3,(H,24,28). The first-order valence-electron chi connectivity index (χ1n) is 9.68. The molecule has 0 aliphatic rings. The molecule has 0 unspecified atom stereocenters. The number of benzene rings is 2. The van der Waals surface area contributed by atoms with Crippen molar-refractivity contribution in [2.75, 3.05) is 13.7 Å². The first kappa shape index (κ1) is 19.4. The summed E-state index contributed by atoms with van der Waals surface area (Å²) in [5, 5.41) is 8.32. The Morgan fingerprint density at radius 3 is 2.70 bits per heavy atom. The lowest BCUT2D eigenvalue weighted by Crippen LogP contribution is -2.32. The topological polar surface area (TPSA) is 89.0 Å². The summed E-state index contributed by atoms with van der Waals surface area (Å²) >= 11 is 0. The van der Waals surface area contributed by atoms with E-state index in [-0.39, 0.29) is 17.9 Å². The smallest absolute Gasteiger partial charge is 0.266 e. The van der Waals surface area contributed by atoms with Gasteiger partial charge in [-0.05, 0) is 42.0 Å². The van der Waals surface area contributed by atoms with Crippen molar-refractivity contribution in [3.63, 3.8) is 0 Å². The number of hydrogen-bond donors (Lipinski definition) is 2. The van der Waals surface area contributed by atoms with Gasteiger partial charge in [0.15, 0.2) is 0 Å². The molecule has 2 N–H and O–H groups in total. The maximum atomic E-state index is 12.3. The second-order valence-corrected chi connectivity index (χ2v) is 6.89. The van der Waals surface area contributed by atoms with Gasteiger partial charge in [0.2, 0.25) is 5.91 Å². The van der Waals surface area contributed by atoms with E-state index in [1.807, 2.05) is 54.7 Å². The quantitative estimate of drug-likeness (QED) is 0.497. The second-order valence-electron chi connectivity index (χ2n) is 6.89. The Morgan fingerprint density at radius 1 is 1.10 bits per heavy atom. The summed E-state index contributed by atoms with van der Waals surface area (Å²) in [6, 6.07) is 18.5. The number of aromatic nitrogens is 3. The van der Waals surface area contributed by atoms with Crippen molar-refractivity contribution in [3.05, 3.63) is 82.8 Å². The molecule has 0 fully saturated rings. The molecule has 4 aromatic rings. The van der Waals surface area contributed by atoms with Gasteiger partial charge in [-0.15, -0.1) is 0 Å². The lowest BCUT2D eigenvalue weighted by molar-refractivity contribution is -0.120. The molecule has 2 aromatic carbocycles. The fraction of sp³-hybridized carbons (Fsp3) is 0.174. The van der Waals surface area contributed by atoms with Gasteiger partial charge in [-0.25, -0.2) is 4.68 Å². The number of ether oxygens (including phenoxy) is 1. The van der Waals surface area contributed by atoms with Gasteiger partial charge in [0.1, 0.15) is 5.75 Å². The summed E-state index contributed by atoms with van der Waals surface area (Å²) < 4.78 is 6.53. The van der Waals surface area contributed by atoms with Gasteiger partial charge in [-0.1, -0.05) is 18.2 Å². The zero-order valence-corrected chi connectivity index (χ0v) is 16.6. The van der Waals surface area contributed by atoms with Gasteiger partial charge >= 0.3 is 0 Å². The number of aromatic amines is 1. The highest BCUT2D eigenvalue weighted by Crippen LogP contribution is 2.20. The van der Waals surface area contributed by atoms with Crippen LogP contribution in [0.1, 0.15) is 5.56 Å². The Kier molecular flexibility index (Phi) is 5.61. The molecule has 4 rings (SSSR count). The highest BCUT2D eigenvalue weighted by molar-refractivity contribution is 5.88. The maximum absolute atomic E-state index is 12.3. The first-order valence-corrected chi connectivity index (χ1v) is 9.68. The summed E-state index contributed by atoms with van der Waals surface area (Å²) in [6.07, 6.45) is 2.13. The van der Waals surface area contributed by atoms with E-state index in [2.05, 4.69) is 15.4 Å². The molecule has 0 spiro atoms. The lowest BCUT2D eigenvalue weighted by atomic mass is 10.1. The molecule has 7 heteroatoms. The number of fused-ring (bicyclic) bond motifs is 1. The van der Waals surface area contributed by atoms with Crippen molar-refractivity contribution in [3.8, 4) is 17.0 Å². The molecule has 0 bridgehead atoms. The van der Waals surface area contributed by atoms with Crippen molar-refractivity contribution >= 4 is 16.8 Å². The van der Waals surface area contributed by atoms with Crippen LogP contribution in [-0.4, -0.2) is 34.3 Å². The minimum absolute atomic E-state index is 0.0980. The first-order chi connectivity index (χ1) is 14.6. The Bertz CT molecular complexity index is 1230. The summed E-state index contributed by atoms with van der Waals surface area (Å²) in [7, 11) is 1.61. The van der Waals surface area contributed by atoms with E-state index in [0.717, 1.165) is 27.8 Å². The fourth-order valence-electron chi connectivity index (χ4n) is 3.34. The molecule has 0 radical (unpaired) electrons. The lowest BCUT2D eigenvalue weighted by Gasteiger charge is -2.09. The minimum Gasteiger partial charge on any atom is -0.497 e. The van der Waals surface area contributed by atoms with Crippen molar-refractivity contribution in [1.29, 1.82) is 0 Å². The van der Waals surface area contributed by atoms with Crippen LogP contribution in [0.4, 0.5) is 0 Å². The van der Waals surface area contributed by atoms with Crippen LogP contribution in [0, 0.1) is 0 Å². The average molecular weight is 402 g/mol. The van der Waals surface area contributed by atoms with E-state index in [9.17, 15) is 9.59 Å². The number of rotatable bonds is 7. The number of para-hydroxylation sites is 1. The van der Waals surface area contributed by atoms with E-state index < -0.39 is 0 Å². The SMILES string of the molecule is COc1ccc(-c2ccc(=O)n(CCNC(=O)Cc3c[nH]c4ccccc34)n2)cc1. The molecule has 2 heterocycles. The number of hydrogen-bond acceptors (Lipinski definition) is 4. The normalized spacial score (nSPS) is 10.8. The van der Waals surface area contributed by atoms with Crippen LogP contribution in [0.25, 0.3) is 22.2 Å². The largest absolute Gasteiger partial charge is 0.497 e. The summed E-state index contributed by atoms with van der Waals surface area (Å²) in [4.78, 5) is 27.6. The highest BCUT2D eigenvalue weighted by Gasteiger charge is 2.09. The highest BCUT2D eigenvalue weighted by atomic mass is 16.5. The number of amides is 1. The third-order valence-electron chi connectivity index (χ3n) is 4.92. The van der Waals surface area contributed by atoms with Gasteiger partial charge in [-0.3, -0.25) is 9.59 Å². The Hall–Kier alpha value is -3.87. The van der Waals surface area contributed by atoms with Crippen LogP contribution >= 0.6 is 0 Å². The Labute approximate surface area is 173 Å². The van der Waals surface area contributed by atoms with Crippen LogP contribution in [0.2, 0.25) is 0 Å². The Balaban J connectivity index is 1.38. The summed E-state index contributed by atoms with van der Waals surface area (Å²) in [5.41, 5.74) is 3.31. The molecule has 7 nitrogen and oxygen atoms in total. The third kappa shape index (κ3) is 4.25. The van der Waals surface area contributed by atoms with Gasteiger partial charge in [0.05, 0.1) is 25.8 Å². The zero-order valence-electron chi connectivity index (χ0n) is 16.6. The average Bonchev–Trinajstić information content (AvgIpc) is 3.18. The van der Waals surface area contributed by atoms with E-state index in [1.165, 1.54) is 10.7 Å². The predicted octanol–water partition coefficient (Wildman–Crippen LogP) is 2.76. The van der Waals surface area contributed by atoms with Crippen LogP contribution in [0.5, 0.6) is 5.75 Å². The zero-order chi connectivity index (χ0) is 20.9. The molecule has 2 aromatic heterocycles. The number of carbonyl (C=O) groups excluding carboxylic acids is 1. The van der Waals surface area contributed by atoms with Crippen LogP contribution in [0.3, 0.4) is 0 Å². The molecular formula is C23H22N4O3. The maximum Gasteiger partial charge on any atom is 0.266 e. The fourth-order valence-corrected chi connectivity index (χ4v) is 3.34. The van der Waals surface area contributed by atoms with Gasteiger partial charge in [0.25, 0.3) is 5.56 Å². The number of carbonyl (C=O) groups is 1. The van der Waals surface area contributed by atoms with Crippen molar-refractivity contribution in [2.45, 2.75) is 13.0 Å². The van der Waals surface area contributed by atoms with Crippen LogP contribution in [0.15, 0.2) is 71.7 Å². The molecule has 152 valence electrons. The molecule has 30 heavy (non-hydrogen) atoms. The van der Waals surface area contributed by atoms with E-state index >= 15 is 0 Å². The van der Waals surface area contributed by atoms with Gasteiger partial charge < -0.3 is 15.0 Å². The van der Waals surface area contributed by atoms with Crippen LogP contribution < -0.4 is 15.6 Å². The van der Waals surface area contributed by atoms with E-state index in [1.54, 1.807) is 13.2 Å². The summed E-state index contributed by atoms with van der Waals surface area (Å²) in [6.45, 7) is 0.614. The van der Waals surface area contributed by atoms with Crippen molar-refractivity contribution < 1.29 is 9.53 Å². The number of H-pyrrole nitrogens is 1. The third-order valence-corrected chi connectivity index (χ3v) is 4.92. The number of nitrogens with zero attached hydrogens (tertiary/aromatic N) is 2. The van der Waals surface area contributed by atoms with Crippen LogP contribution in [-0.2, 0) is 17.8 Å². The molecule has 0 atom stereocenters. The monoisotopic (exact) mass is 402 g/mol. The molecular weight excluding hydrogens is 380 g/mol. The number of methoxy groups -OCH3 is 1. The molecule has 0 aliphatic carbocycles. The predicted molar refractivity (Wildman–Crippen MR) is 115 cm³/mol. The van der Waals surface area contributed by atoms with Gasteiger partial charge in [-0.2, -0.15) is 5.10 Å². The molecule has 0 saturated carbocycles. The second kappa shape index (κ2) is 8.65. The molecule has 1 amide bonds. The Morgan fingerprint density at radius 2 is 1.90 bits per heavy atom. The summed E-state index contributed by atoms with van der Waals surface area (Å²) in [5.74, 6) is 0.657. The van der Waals surface area contributed by atoms with Gasteiger partial charge in [0, 0.05) is 35.3 Å². The molecule has 0 saturated heterocycles. The molecule has 0 aliphatic heterocycles. The van der Waals surface area contributed by atoms with E-state index in [0.29, 0.717) is 18.8 Å². The van der Waals surface area contributed by atoms with Crippen molar-refractivity contribution in [1.82, 2.24) is 20.1 Å².